The zero-order valence-corrected chi connectivity index (χ0v) is 10.4. The summed E-state index contributed by atoms with van der Waals surface area (Å²) in [5.41, 5.74) is 5.81. The number of thioether (sulfide) groups is 1. The normalized spacial score (nSPS) is 13.0. The van der Waals surface area contributed by atoms with E-state index in [9.17, 15) is 4.79 Å². The molecule has 0 aromatic rings. The zero-order valence-electron chi connectivity index (χ0n) is 9.62. The Morgan fingerprint density at radius 2 is 2.07 bits per heavy atom. The Hall–Kier alpha value is -0.220. The number of amides is 1. The highest BCUT2D eigenvalue weighted by atomic mass is 32.2. The van der Waals surface area contributed by atoms with Gasteiger partial charge in [0.05, 0.1) is 6.04 Å². The molecule has 0 aliphatic rings. The van der Waals surface area contributed by atoms with Gasteiger partial charge in [0.25, 0.3) is 0 Å². The van der Waals surface area contributed by atoms with Crippen LogP contribution in [0, 0.1) is 0 Å². The van der Waals surface area contributed by atoms with Crippen LogP contribution >= 0.6 is 11.8 Å². The lowest BCUT2D eigenvalue weighted by molar-refractivity contribution is -0.134. The Morgan fingerprint density at radius 3 is 2.43 bits per heavy atom. The highest BCUT2D eigenvalue weighted by molar-refractivity contribution is 7.98. The van der Waals surface area contributed by atoms with Crippen LogP contribution in [0.2, 0.25) is 0 Å². The molecular formula is C10H22N2OS. The summed E-state index contributed by atoms with van der Waals surface area (Å²) in [5.74, 6) is 1.03. The average Bonchev–Trinajstić information content (AvgIpc) is 2.14. The molecule has 84 valence electrons. The number of nitrogens with zero attached hydrogens (tertiary/aromatic N) is 1. The molecule has 0 aromatic carbocycles. The van der Waals surface area contributed by atoms with E-state index < -0.39 is 0 Å². The van der Waals surface area contributed by atoms with Crippen molar-refractivity contribution >= 4 is 17.7 Å². The van der Waals surface area contributed by atoms with Gasteiger partial charge in [-0.1, -0.05) is 0 Å². The molecule has 1 atom stereocenters. The van der Waals surface area contributed by atoms with Gasteiger partial charge in [0.15, 0.2) is 0 Å². The average molecular weight is 218 g/mol. The second kappa shape index (κ2) is 7.12. The van der Waals surface area contributed by atoms with Crippen LogP contribution in [0.3, 0.4) is 0 Å². The van der Waals surface area contributed by atoms with Gasteiger partial charge in [-0.2, -0.15) is 11.8 Å². The summed E-state index contributed by atoms with van der Waals surface area (Å²) >= 11 is 1.72. The Kier molecular flexibility index (Phi) is 7.01. The van der Waals surface area contributed by atoms with E-state index in [1.54, 1.807) is 11.8 Å². The molecule has 0 radical (unpaired) electrons. The maximum Gasteiger partial charge on any atom is 0.239 e. The summed E-state index contributed by atoms with van der Waals surface area (Å²) in [6.45, 7) is 6.76. The predicted octanol–water partition coefficient (Wildman–Crippen LogP) is 1.32. The first-order valence-electron chi connectivity index (χ1n) is 5.09. The molecule has 0 rings (SSSR count). The van der Waals surface area contributed by atoms with Gasteiger partial charge in [0.1, 0.15) is 0 Å². The second-order valence-corrected chi connectivity index (χ2v) is 4.59. The highest BCUT2D eigenvalue weighted by Gasteiger charge is 2.21. The third kappa shape index (κ3) is 4.33. The topological polar surface area (TPSA) is 46.3 Å². The lowest BCUT2D eigenvalue weighted by Gasteiger charge is -2.27. The summed E-state index contributed by atoms with van der Waals surface area (Å²) in [4.78, 5) is 13.6. The van der Waals surface area contributed by atoms with E-state index in [2.05, 4.69) is 0 Å². The maximum absolute atomic E-state index is 11.8. The Labute approximate surface area is 91.4 Å². The second-order valence-electron chi connectivity index (χ2n) is 3.61. The van der Waals surface area contributed by atoms with Gasteiger partial charge < -0.3 is 10.6 Å². The van der Waals surface area contributed by atoms with Crippen molar-refractivity contribution in [3.8, 4) is 0 Å². The number of hydrogen-bond acceptors (Lipinski definition) is 3. The highest BCUT2D eigenvalue weighted by Crippen LogP contribution is 2.05. The smallest absolute Gasteiger partial charge is 0.239 e. The predicted molar refractivity (Wildman–Crippen MR) is 63.5 cm³/mol. The summed E-state index contributed by atoms with van der Waals surface area (Å²) < 4.78 is 0. The lowest BCUT2D eigenvalue weighted by Crippen LogP contribution is -2.47. The maximum atomic E-state index is 11.8. The molecule has 0 fully saturated rings. The van der Waals surface area contributed by atoms with E-state index in [1.807, 2.05) is 31.9 Å². The molecule has 0 spiro atoms. The molecule has 14 heavy (non-hydrogen) atoms. The van der Waals surface area contributed by atoms with E-state index in [0.29, 0.717) is 0 Å². The minimum atomic E-state index is -0.329. The van der Waals surface area contributed by atoms with Crippen LogP contribution in [0.4, 0.5) is 0 Å². The number of carbonyl (C=O) groups excluding carboxylic acids is 1. The van der Waals surface area contributed by atoms with Crippen molar-refractivity contribution in [3.63, 3.8) is 0 Å². The summed E-state index contributed by atoms with van der Waals surface area (Å²) in [6, 6.07) is -0.0855. The number of likely N-dealkylation sites (N-methyl/N-ethyl adjacent to an activating group) is 1. The summed E-state index contributed by atoms with van der Waals surface area (Å²) in [7, 11) is 0. The number of carbonyl (C=O) groups is 1. The SMILES string of the molecule is CCN(C(=O)[C@@H](N)CCSC)C(C)C. The zero-order chi connectivity index (χ0) is 11.1. The van der Waals surface area contributed by atoms with Crippen molar-refractivity contribution in [2.75, 3.05) is 18.6 Å². The summed E-state index contributed by atoms with van der Waals surface area (Å²) in [5, 5.41) is 0. The Bertz CT molecular complexity index is 174. The number of rotatable bonds is 6. The first-order chi connectivity index (χ1) is 6.54. The quantitative estimate of drug-likeness (QED) is 0.731. The van der Waals surface area contributed by atoms with Crippen LogP contribution in [0.5, 0.6) is 0 Å². The Balaban J connectivity index is 4.13. The van der Waals surface area contributed by atoms with Crippen LogP contribution in [-0.4, -0.2) is 41.4 Å². The monoisotopic (exact) mass is 218 g/mol. The first-order valence-corrected chi connectivity index (χ1v) is 6.48. The third-order valence-electron chi connectivity index (χ3n) is 2.20. The van der Waals surface area contributed by atoms with Crippen molar-refractivity contribution in [2.45, 2.75) is 39.3 Å². The van der Waals surface area contributed by atoms with Crippen LogP contribution < -0.4 is 5.73 Å². The molecule has 0 saturated heterocycles. The molecule has 0 bridgehead atoms. The van der Waals surface area contributed by atoms with Crippen LogP contribution in [-0.2, 0) is 4.79 Å². The minimum absolute atomic E-state index is 0.0801. The lowest BCUT2D eigenvalue weighted by atomic mass is 10.2. The van der Waals surface area contributed by atoms with E-state index in [1.165, 1.54) is 0 Å². The van der Waals surface area contributed by atoms with Crippen molar-refractivity contribution < 1.29 is 4.79 Å². The largest absolute Gasteiger partial charge is 0.339 e. The van der Waals surface area contributed by atoms with Crippen LogP contribution in [0.15, 0.2) is 0 Å². The molecular weight excluding hydrogens is 196 g/mol. The number of hydrogen-bond donors (Lipinski definition) is 1. The van der Waals surface area contributed by atoms with Crippen molar-refractivity contribution in [1.82, 2.24) is 4.90 Å². The van der Waals surface area contributed by atoms with Crippen LogP contribution in [0.1, 0.15) is 27.2 Å². The van der Waals surface area contributed by atoms with Gasteiger partial charge in [-0.05, 0) is 39.2 Å². The molecule has 1 amide bonds. The van der Waals surface area contributed by atoms with Crippen molar-refractivity contribution in [2.24, 2.45) is 5.73 Å². The molecule has 0 heterocycles. The Morgan fingerprint density at radius 1 is 1.50 bits per heavy atom. The molecule has 3 nitrogen and oxygen atoms in total. The van der Waals surface area contributed by atoms with Gasteiger partial charge in [0, 0.05) is 12.6 Å². The molecule has 4 heteroatoms. The van der Waals surface area contributed by atoms with Gasteiger partial charge in [-0.25, -0.2) is 0 Å². The molecule has 2 N–H and O–H groups in total. The molecule has 0 aliphatic carbocycles. The summed E-state index contributed by atoms with van der Waals surface area (Å²) in [6.07, 6.45) is 2.79. The fraction of sp³-hybridized carbons (Fsp3) is 0.900. The molecule has 0 saturated carbocycles. The fourth-order valence-electron chi connectivity index (χ4n) is 1.36. The van der Waals surface area contributed by atoms with Crippen molar-refractivity contribution in [1.29, 1.82) is 0 Å². The van der Waals surface area contributed by atoms with Crippen molar-refractivity contribution in [3.05, 3.63) is 0 Å². The third-order valence-corrected chi connectivity index (χ3v) is 2.84. The number of nitrogens with two attached hydrogens (primary N) is 1. The van der Waals surface area contributed by atoms with Gasteiger partial charge in [0.2, 0.25) is 5.91 Å². The van der Waals surface area contributed by atoms with Gasteiger partial charge >= 0.3 is 0 Å². The minimum Gasteiger partial charge on any atom is -0.339 e. The van der Waals surface area contributed by atoms with E-state index in [0.717, 1.165) is 18.7 Å². The first kappa shape index (κ1) is 13.8. The van der Waals surface area contributed by atoms with E-state index >= 15 is 0 Å². The van der Waals surface area contributed by atoms with E-state index in [-0.39, 0.29) is 18.0 Å². The van der Waals surface area contributed by atoms with Crippen LogP contribution in [0.25, 0.3) is 0 Å². The van der Waals surface area contributed by atoms with E-state index in [4.69, 9.17) is 5.73 Å². The molecule has 0 aromatic heterocycles. The fourth-order valence-corrected chi connectivity index (χ4v) is 1.85. The molecule has 0 aliphatic heterocycles. The van der Waals surface area contributed by atoms with Gasteiger partial charge in [-0.3, -0.25) is 4.79 Å². The molecule has 0 unspecified atom stereocenters. The standard InChI is InChI=1S/C10H22N2OS/c1-5-12(8(2)3)10(13)9(11)6-7-14-4/h8-9H,5-7,11H2,1-4H3/t9-/m0/s1. The van der Waals surface area contributed by atoms with Gasteiger partial charge in [-0.15, -0.1) is 0 Å².